The van der Waals surface area contributed by atoms with E-state index in [0.29, 0.717) is 25.8 Å². The molecular formula is C18H28F2N4O. The highest BCUT2D eigenvalue weighted by Crippen LogP contribution is 2.20. The van der Waals surface area contributed by atoms with Gasteiger partial charge in [-0.3, -0.25) is 4.90 Å². The summed E-state index contributed by atoms with van der Waals surface area (Å²) in [5, 5.41) is 3.32. The second-order valence-electron chi connectivity index (χ2n) is 6.58. The Kier molecular flexibility index (Phi) is 8.21. The van der Waals surface area contributed by atoms with E-state index in [1.54, 1.807) is 4.90 Å². The number of halogens is 2. The normalized spacial score (nSPS) is 15.1. The molecule has 0 amide bonds. The second kappa shape index (κ2) is 10.4. The number of carbonyl (C=O) groups excluding carboxylic acids is 1. The molecule has 0 radical (unpaired) electrons. The number of unbranched alkanes of at least 4 members (excludes halogenated alkanes) is 1. The zero-order valence-corrected chi connectivity index (χ0v) is 14.6. The lowest BCUT2D eigenvalue weighted by Gasteiger charge is -2.22. The summed E-state index contributed by atoms with van der Waals surface area (Å²) in [6.07, 6.45) is 3.46. The maximum atomic E-state index is 12.7. The Morgan fingerprint density at radius 2 is 2.16 bits per heavy atom. The number of aldehydes is 1. The number of nitrogens with two attached hydrogens (primary N) is 1. The SMILES string of the molecule is N[C@H](C=O)CCN(CCCCc1ccc2c(n1)NCCC2)CC(F)F. The number of pyridine rings is 1. The fourth-order valence-corrected chi connectivity index (χ4v) is 3.04. The lowest BCUT2D eigenvalue weighted by molar-refractivity contribution is -0.109. The predicted molar refractivity (Wildman–Crippen MR) is 95.1 cm³/mol. The summed E-state index contributed by atoms with van der Waals surface area (Å²) in [4.78, 5) is 16.9. The molecule has 7 heteroatoms. The summed E-state index contributed by atoms with van der Waals surface area (Å²) < 4.78 is 25.3. The Balaban J connectivity index is 1.74. The van der Waals surface area contributed by atoms with Crippen molar-refractivity contribution >= 4 is 12.1 Å². The maximum absolute atomic E-state index is 12.7. The largest absolute Gasteiger partial charge is 0.370 e. The third kappa shape index (κ3) is 7.04. The van der Waals surface area contributed by atoms with E-state index in [2.05, 4.69) is 22.4 Å². The van der Waals surface area contributed by atoms with Crippen molar-refractivity contribution in [2.45, 2.75) is 51.0 Å². The standard InChI is InChI=1S/C18H28F2N4O/c19-17(20)12-24(11-8-15(21)13-25)10-2-1-5-16-7-6-14-4-3-9-22-18(14)23-16/h6-7,13,15,17H,1-5,8-12,21H2,(H,22,23)/t15-/m0/s1. The van der Waals surface area contributed by atoms with Crippen LogP contribution in [0.2, 0.25) is 0 Å². The highest BCUT2D eigenvalue weighted by Gasteiger charge is 2.14. The van der Waals surface area contributed by atoms with Crippen molar-refractivity contribution in [1.82, 2.24) is 9.88 Å². The van der Waals surface area contributed by atoms with Gasteiger partial charge in [-0.05, 0) is 56.7 Å². The van der Waals surface area contributed by atoms with Gasteiger partial charge in [-0.15, -0.1) is 0 Å². The molecule has 1 atom stereocenters. The van der Waals surface area contributed by atoms with Gasteiger partial charge < -0.3 is 15.8 Å². The third-order valence-corrected chi connectivity index (χ3v) is 4.46. The fraction of sp³-hybridized carbons (Fsp3) is 0.667. The molecule has 140 valence electrons. The topological polar surface area (TPSA) is 71.2 Å². The first kappa shape index (κ1) is 19.7. The summed E-state index contributed by atoms with van der Waals surface area (Å²) in [5.41, 5.74) is 7.85. The first-order valence-electron chi connectivity index (χ1n) is 9.02. The van der Waals surface area contributed by atoms with Crippen LogP contribution in [0, 0.1) is 0 Å². The van der Waals surface area contributed by atoms with Gasteiger partial charge in [0.1, 0.15) is 12.1 Å². The van der Waals surface area contributed by atoms with Crippen molar-refractivity contribution in [3.05, 3.63) is 23.4 Å². The fourth-order valence-electron chi connectivity index (χ4n) is 3.04. The molecule has 25 heavy (non-hydrogen) atoms. The number of hydrogen-bond donors (Lipinski definition) is 2. The Morgan fingerprint density at radius 1 is 1.32 bits per heavy atom. The number of alkyl halides is 2. The molecule has 5 nitrogen and oxygen atoms in total. The van der Waals surface area contributed by atoms with E-state index in [9.17, 15) is 13.6 Å². The minimum Gasteiger partial charge on any atom is -0.370 e. The highest BCUT2D eigenvalue weighted by atomic mass is 19.3. The van der Waals surface area contributed by atoms with E-state index in [4.69, 9.17) is 5.73 Å². The highest BCUT2D eigenvalue weighted by molar-refractivity contribution is 5.56. The van der Waals surface area contributed by atoms with Crippen LogP contribution in [0.4, 0.5) is 14.6 Å². The van der Waals surface area contributed by atoms with Gasteiger partial charge in [-0.2, -0.15) is 0 Å². The van der Waals surface area contributed by atoms with Crippen LogP contribution in [-0.2, 0) is 17.6 Å². The first-order valence-corrected chi connectivity index (χ1v) is 9.02. The van der Waals surface area contributed by atoms with Crippen molar-refractivity contribution in [1.29, 1.82) is 0 Å². The number of nitrogens with one attached hydrogen (secondary N) is 1. The number of aromatic nitrogens is 1. The average Bonchev–Trinajstić information content (AvgIpc) is 2.62. The molecule has 1 aromatic rings. The van der Waals surface area contributed by atoms with Crippen molar-refractivity contribution in [3.8, 4) is 0 Å². The molecule has 0 saturated heterocycles. The Labute approximate surface area is 148 Å². The number of carbonyl (C=O) groups is 1. The van der Waals surface area contributed by atoms with E-state index < -0.39 is 12.5 Å². The number of nitrogens with zero attached hydrogens (tertiary/aromatic N) is 2. The maximum Gasteiger partial charge on any atom is 0.251 e. The molecule has 3 N–H and O–H groups in total. The molecule has 0 aliphatic carbocycles. The van der Waals surface area contributed by atoms with Crippen LogP contribution in [0.5, 0.6) is 0 Å². The zero-order chi connectivity index (χ0) is 18.1. The van der Waals surface area contributed by atoms with Gasteiger partial charge in [0.25, 0.3) is 6.43 Å². The average molecular weight is 354 g/mol. The van der Waals surface area contributed by atoms with Gasteiger partial charge >= 0.3 is 0 Å². The molecule has 0 spiro atoms. The molecule has 0 saturated carbocycles. The molecule has 0 unspecified atom stereocenters. The van der Waals surface area contributed by atoms with Crippen LogP contribution in [0.3, 0.4) is 0 Å². The number of fused-ring (bicyclic) bond motifs is 1. The molecule has 2 heterocycles. The van der Waals surface area contributed by atoms with Crippen LogP contribution in [-0.4, -0.2) is 54.8 Å². The van der Waals surface area contributed by atoms with Gasteiger partial charge in [0, 0.05) is 18.8 Å². The van der Waals surface area contributed by atoms with Crippen molar-refractivity contribution in [2.75, 3.05) is 31.5 Å². The second-order valence-corrected chi connectivity index (χ2v) is 6.58. The minimum absolute atomic E-state index is 0.271. The smallest absolute Gasteiger partial charge is 0.251 e. The zero-order valence-electron chi connectivity index (χ0n) is 14.6. The number of rotatable bonds is 11. The van der Waals surface area contributed by atoms with Gasteiger partial charge in [0.15, 0.2) is 0 Å². The van der Waals surface area contributed by atoms with Crippen LogP contribution < -0.4 is 11.1 Å². The number of aryl methyl sites for hydroxylation is 2. The van der Waals surface area contributed by atoms with Gasteiger partial charge in [-0.25, -0.2) is 13.8 Å². The van der Waals surface area contributed by atoms with E-state index >= 15 is 0 Å². The summed E-state index contributed by atoms with van der Waals surface area (Å²) in [6.45, 7) is 1.70. The minimum atomic E-state index is -2.37. The molecule has 0 aromatic carbocycles. The monoisotopic (exact) mass is 354 g/mol. The van der Waals surface area contributed by atoms with E-state index in [-0.39, 0.29) is 6.54 Å². The van der Waals surface area contributed by atoms with Crippen LogP contribution in [0.15, 0.2) is 12.1 Å². The quantitative estimate of drug-likeness (QED) is 0.471. The Bertz CT molecular complexity index is 542. The molecule has 2 rings (SSSR count). The number of hydrogen-bond acceptors (Lipinski definition) is 5. The molecule has 1 aliphatic heterocycles. The summed E-state index contributed by atoms with van der Waals surface area (Å²) in [6, 6.07) is 3.62. The molecule has 0 fully saturated rings. The van der Waals surface area contributed by atoms with Gasteiger partial charge in [-0.1, -0.05) is 6.07 Å². The van der Waals surface area contributed by atoms with Crippen LogP contribution >= 0.6 is 0 Å². The van der Waals surface area contributed by atoms with Crippen molar-refractivity contribution in [3.63, 3.8) is 0 Å². The van der Waals surface area contributed by atoms with E-state index in [1.165, 1.54) is 5.56 Å². The first-order chi connectivity index (χ1) is 12.1. The molecule has 1 aromatic heterocycles. The number of anilines is 1. The Morgan fingerprint density at radius 3 is 2.92 bits per heavy atom. The van der Waals surface area contributed by atoms with E-state index in [0.717, 1.165) is 50.2 Å². The summed E-state index contributed by atoms with van der Waals surface area (Å²) in [5.74, 6) is 0.992. The van der Waals surface area contributed by atoms with Gasteiger partial charge in [0.05, 0.1) is 12.6 Å². The van der Waals surface area contributed by atoms with Crippen molar-refractivity contribution in [2.24, 2.45) is 5.73 Å². The van der Waals surface area contributed by atoms with Crippen LogP contribution in [0.1, 0.15) is 36.9 Å². The van der Waals surface area contributed by atoms with Gasteiger partial charge in [0.2, 0.25) is 0 Å². The predicted octanol–water partition coefficient (Wildman–Crippen LogP) is 2.25. The van der Waals surface area contributed by atoms with E-state index in [1.807, 2.05) is 0 Å². The summed E-state index contributed by atoms with van der Waals surface area (Å²) in [7, 11) is 0. The van der Waals surface area contributed by atoms with Crippen molar-refractivity contribution < 1.29 is 13.6 Å². The molecule has 0 bridgehead atoms. The molecular weight excluding hydrogens is 326 g/mol. The van der Waals surface area contributed by atoms with Crippen LogP contribution in [0.25, 0.3) is 0 Å². The summed E-state index contributed by atoms with van der Waals surface area (Å²) >= 11 is 0. The third-order valence-electron chi connectivity index (χ3n) is 4.46. The lowest BCUT2D eigenvalue weighted by atomic mass is 10.1. The Hall–Kier alpha value is -1.60. The molecule has 1 aliphatic rings. The lowest BCUT2D eigenvalue weighted by Crippen LogP contribution is -2.35.